The van der Waals surface area contributed by atoms with Gasteiger partial charge >= 0.3 is 0 Å². The average Bonchev–Trinajstić information content (AvgIpc) is 2.16. The third kappa shape index (κ3) is 3.93. The minimum atomic E-state index is -0.0830. The van der Waals surface area contributed by atoms with Crippen LogP contribution >= 0.6 is 15.9 Å². The van der Waals surface area contributed by atoms with E-state index < -0.39 is 0 Å². The lowest BCUT2D eigenvalue weighted by atomic mass is 9.96. The first kappa shape index (κ1) is 13.2. The molecule has 0 saturated heterocycles. The van der Waals surface area contributed by atoms with Crippen molar-refractivity contribution in [2.45, 2.75) is 32.6 Å². The normalized spacial score (nSPS) is 11.2. The van der Waals surface area contributed by atoms with Crippen LogP contribution in [0.2, 0.25) is 0 Å². The monoisotopic (exact) mass is 284 g/mol. The molecule has 1 rings (SSSR count). The van der Waals surface area contributed by atoms with E-state index in [9.17, 15) is 0 Å². The molecule has 4 heteroatoms. The summed E-state index contributed by atoms with van der Waals surface area (Å²) < 4.78 is 6.26. The Hall–Kier alpha value is -0.900. The standard InChI is InChI=1S/C12H17BrN2O/c1-5-6-7-16-10-8-9(13)14-11(15-10)12(2,3)4/h5,8H,1,6-7H2,2-4H3. The van der Waals surface area contributed by atoms with E-state index >= 15 is 0 Å². The molecule has 0 atom stereocenters. The van der Waals surface area contributed by atoms with Crippen molar-refractivity contribution in [2.75, 3.05) is 6.61 Å². The molecule has 0 radical (unpaired) electrons. The third-order valence-corrected chi connectivity index (χ3v) is 2.32. The molecule has 0 unspecified atom stereocenters. The number of rotatable bonds is 4. The second-order valence-electron chi connectivity index (χ2n) is 4.53. The summed E-state index contributed by atoms with van der Waals surface area (Å²) >= 11 is 3.36. The Kier molecular flexibility index (Phi) is 4.47. The lowest BCUT2D eigenvalue weighted by Crippen LogP contribution is -2.16. The van der Waals surface area contributed by atoms with Gasteiger partial charge in [0.05, 0.1) is 6.61 Å². The van der Waals surface area contributed by atoms with Crippen LogP contribution in [0.3, 0.4) is 0 Å². The Balaban J connectivity index is 2.86. The first-order chi connectivity index (χ1) is 7.43. The summed E-state index contributed by atoms with van der Waals surface area (Å²) in [6.45, 7) is 10.5. The largest absolute Gasteiger partial charge is 0.477 e. The van der Waals surface area contributed by atoms with Crippen molar-refractivity contribution in [3.8, 4) is 5.88 Å². The van der Waals surface area contributed by atoms with Gasteiger partial charge in [0.1, 0.15) is 10.4 Å². The summed E-state index contributed by atoms with van der Waals surface area (Å²) in [4.78, 5) is 8.72. The Morgan fingerprint density at radius 2 is 2.12 bits per heavy atom. The Labute approximate surface area is 105 Å². The molecule has 0 saturated carbocycles. The van der Waals surface area contributed by atoms with Gasteiger partial charge in [-0.3, -0.25) is 0 Å². The molecule has 0 aliphatic carbocycles. The molecule has 1 aromatic rings. The van der Waals surface area contributed by atoms with Gasteiger partial charge in [-0.2, -0.15) is 4.98 Å². The fraction of sp³-hybridized carbons (Fsp3) is 0.500. The SMILES string of the molecule is C=CCCOc1cc(Br)nc(C(C)(C)C)n1. The minimum Gasteiger partial charge on any atom is -0.477 e. The van der Waals surface area contributed by atoms with Crippen LogP contribution in [-0.2, 0) is 5.41 Å². The summed E-state index contributed by atoms with van der Waals surface area (Å²) in [6, 6.07) is 1.78. The van der Waals surface area contributed by atoms with E-state index in [0.29, 0.717) is 12.5 Å². The Morgan fingerprint density at radius 3 is 2.69 bits per heavy atom. The number of nitrogens with zero attached hydrogens (tertiary/aromatic N) is 2. The van der Waals surface area contributed by atoms with Crippen LogP contribution in [0.15, 0.2) is 23.3 Å². The number of halogens is 1. The summed E-state index contributed by atoms with van der Waals surface area (Å²) in [5, 5.41) is 0. The molecule has 0 aliphatic heterocycles. The molecule has 0 amide bonds. The quantitative estimate of drug-likeness (QED) is 0.482. The molecule has 0 N–H and O–H groups in total. The predicted molar refractivity (Wildman–Crippen MR) is 68.7 cm³/mol. The molecule has 1 heterocycles. The highest BCUT2D eigenvalue weighted by atomic mass is 79.9. The van der Waals surface area contributed by atoms with Gasteiger partial charge in [0.25, 0.3) is 0 Å². The van der Waals surface area contributed by atoms with Gasteiger partial charge in [-0.15, -0.1) is 6.58 Å². The molecule has 0 spiro atoms. The van der Waals surface area contributed by atoms with Gasteiger partial charge in [0, 0.05) is 11.5 Å². The Morgan fingerprint density at radius 1 is 1.44 bits per heavy atom. The smallest absolute Gasteiger partial charge is 0.217 e. The van der Waals surface area contributed by atoms with E-state index in [-0.39, 0.29) is 5.41 Å². The molecule has 0 fully saturated rings. The van der Waals surface area contributed by atoms with Crippen molar-refractivity contribution in [3.05, 3.63) is 29.1 Å². The molecule has 0 aromatic carbocycles. The topological polar surface area (TPSA) is 35.0 Å². The van der Waals surface area contributed by atoms with Crippen molar-refractivity contribution in [2.24, 2.45) is 0 Å². The number of aromatic nitrogens is 2. The highest BCUT2D eigenvalue weighted by Crippen LogP contribution is 2.23. The molecule has 88 valence electrons. The van der Waals surface area contributed by atoms with Gasteiger partial charge in [-0.25, -0.2) is 4.98 Å². The van der Waals surface area contributed by atoms with Gasteiger partial charge < -0.3 is 4.74 Å². The van der Waals surface area contributed by atoms with E-state index in [1.165, 1.54) is 0 Å². The van der Waals surface area contributed by atoms with Crippen LogP contribution in [0.5, 0.6) is 5.88 Å². The zero-order valence-corrected chi connectivity index (χ0v) is 11.5. The highest BCUT2D eigenvalue weighted by molar-refractivity contribution is 9.10. The second kappa shape index (κ2) is 5.43. The maximum absolute atomic E-state index is 5.51. The molecule has 1 aromatic heterocycles. The molecule has 3 nitrogen and oxygen atoms in total. The maximum Gasteiger partial charge on any atom is 0.217 e. The van der Waals surface area contributed by atoms with E-state index in [1.807, 2.05) is 6.08 Å². The lowest BCUT2D eigenvalue weighted by Gasteiger charge is -2.17. The first-order valence-electron chi connectivity index (χ1n) is 5.22. The van der Waals surface area contributed by atoms with Crippen molar-refractivity contribution in [1.29, 1.82) is 0 Å². The number of ether oxygens (including phenoxy) is 1. The van der Waals surface area contributed by atoms with E-state index in [2.05, 4.69) is 53.2 Å². The van der Waals surface area contributed by atoms with Crippen molar-refractivity contribution >= 4 is 15.9 Å². The van der Waals surface area contributed by atoms with Crippen LogP contribution in [0.1, 0.15) is 33.0 Å². The molecular weight excluding hydrogens is 268 g/mol. The summed E-state index contributed by atoms with van der Waals surface area (Å²) in [5.74, 6) is 1.38. The molecule has 0 aliphatic rings. The lowest BCUT2D eigenvalue weighted by molar-refractivity contribution is 0.307. The van der Waals surface area contributed by atoms with Gasteiger partial charge in [0.15, 0.2) is 0 Å². The van der Waals surface area contributed by atoms with Crippen LogP contribution in [-0.4, -0.2) is 16.6 Å². The van der Waals surface area contributed by atoms with E-state index in [0.717, 1.165) is 16.8 Å². The van der Waals surface area contributed by atoms with E-state index in [4.69, 9.17) is 4.74 Å². The van der Waals surface area contributed by atoms with Crippen LogP contribution in [0.4, 0.5) is 0 Å². The van der Waals surface area contributed by atoms with Crippen molar-refractivity contribution in [3.63, 3.8) is 0 Å². The van der Waals surface area contributed by atoms with Crippen LogP contribution in [0, 0.1) is 0 Å². The zero-order valence-electron chi connectivity index (χ0n) is 9.96. The molecule has 16 heavy (non-hydrogen) atoms. The summed E-state index contributed by atoms with van der Waals surface area (Å²) in [7, 11) is 0. The summed E-state index contributed by atoms with van der Waals surface area (Å²) in [5.41, 5.74) is -0.0830. The van der Waals surface area contributed by atoms with Crippen LogP contribution in [0.25, 0.3) is 0 Å². The number of hydrogen-bond acceptors (Lipinski definition) is 3. The fourth-order valence-electron chi connectivity index (χ4n) is 1.05. The molecular formula is C12H17BrN2O. The highest BCUT2D eigenvalue weighted by Gasteiger charge is 2.18. The first-order valence-corrected chi connectivity index (χ1v) is 6.01. The fourth-order valence-corrected chi connectivity index (χ4v) is 1.42. The molecule has 0 bridgehead atoms. The predicted octanol–water partition coefficient (Wildman–Crippen LogP) is 3.49. The maximum atomic E-state index is 5.51. The number of hydrogen-bond donors (Lipinski definition) is 0. The zero-order chi connectivity index (χ0) is 12.2. The second-order valence-corrected chi connectivity index (χ2v) is 5.34. The summed E-state index contributed by atoms with van der Waals surface area (Å²) in [6.07, 6.45) is 2.63. The van der Waals surface area contributed by atoms with Crippen molar-refractivity contribution < 1.29 is 4.74 Å². The van der Waals surface area contributed by atoms with Crippen LogP contribution < -0.4 is 4.74 Å². The van der Waals surface area contributed by atoms with Gasteiger partial charge in [-0.05, 0) is 22.4 Å². The van der Waals surface area contributed by atoms with Gasteiger partial charge in [-0.1, -0.05) is 26.8 Å². The minimum absolute atomic E-state index is 0.0830. The average molecular weight is 285 g/mol. The van der Waals surface area contributed by atoms with Crippen molar-refractivity contribution in [1.82, 2.24) is 9.97 Å². The van der Waals surface area contributed by atoms with Gasteiger partial charge in [0.2, 0.25) is 5.88 Å². The Bertz CT molecular complexity index is 372. The third-order valence-electron chi connectivity index (χ3n) is 1.91. The van der Waals surface area contributed by atoms with E-state index in [1.54, 1.807) is 6.07 Å².